The number of phenols is 1. The molecule has 0 spiro atoms. The number of phenolic OH excluding ortho intramolecular Hbond substituents is 1. The number of carbonyl (C=O) groups is 2. The molecule has 1 heterocycles. The predicted molar refractivity (Wildman–Crippen MR) is 106 cm³/mol. The molecule has 9 nitrogen and oxygen atoms in total. The number of aliphatic carboxylic acids is 2. The van der Waals surface area contributed by atoms with E-state index in [1.165, 1.54) is 7.11 Å². The van der Waals surface area contributed by atoms with Gasteiger partial charge in [0.1, 0.15) is 0 Å². The lowest BCUT2D eigenvalue weighted by Gasteiger charge is -2.10. The molecule has 0 unspecified atom stereocenters. The van der Waals surface area contributed by atoms with Crippen LogP contribution < -0.4 is 10.1 Å². The van der Waals surface area contributed by atoms with E-state index in [0.29, 0.717) is 12.3 Å². The topological polar surface area (TPSA) is 134 Å². The number of anilines is 1. The quantitative estimate of drug-likeness (QED) is 0.481. The molecule has 29 heavy (non-hydrogen) atoms. The molecule has 0 amide bonds. The first kappa shape index (κ1) is 21.3. The zero-order chi connectivity index (χ0) is 21.4. The molecule has 0 saturated heterocycles. The molecule has 3 rings (SSSR count). The minimum Gasteiger partial charge on any atom is -0.504 e. The summed E-state index contributed by atoms with van der Waals surface area (Å²) in [6.45, 7) is 0.593. The van der Waals surface area contributed by atoms with E-state index in [4.69, 9.17) is 24.5 Å². The van der Waals surface area contributed by atoms with Crippen molar-refractivity contribution in [2.45, 2.75) is 6.54 Å². The van der Waals surface area contributed by atoms with Crippen molar-refractivity contribution in [3.63, 3.8) is 0 Å². The van der Waals surface area contributed by atoms with Crippen LogP contribution in [0.4, 0.5) is 5.95 Å². The summed E-state index contributed by atoms with van der Waals surface area (Å²) in [5.41, 5.74) is 3.18. The van der Waals surface area contributed by atoms with Gasteiger partial charge in [-0.2, -0.15) is 0 Å². The van der Waals surface area contributed by atoms with Gasteiger partial charge in [-0.05, 0) is 23.3 Å². The highest BCUT2D eigenvalue weighted by Crippen LogP contribution is 2.27. The summed E-state index contributed by atoms with van der Waals surface area (Å²) < 4.78 is 7.15. The Morgan fingerprint density at radius 2 is 1.76 bits per heavy atom. The van der Waals surface area contributed by atoms with Crippen LogP contribution in [0.5, 0.6) is 11.5 Å². The van der Waals surface area contributed by atoms with E-state index in [1.54, 1.807) is 6.07 Å². The fraction of sp³-hybridized carbons (Fsp3) is 0.150. The lowest BCUT2D eigenvalue weighted by molar-refractivity contribution is -0.159. The second kappa shape index (κ2) is 9.79. The Hall–Kier alpha value is -4.01. The molecule has 4 N–H and O–H groups in total. The van der Waals surface area contributed by atoms with Gasteiger partial charge in [0, 0.05) is 13.6 Å². The lowest BCUT2D eigenvalue weighted by atomic mass is 10.2. The van der Waals surface area contributed by atoms with Crippen molar-refractivity contribution in [3.8, 4) is 22.8 Å². The molecule has 1 aromatic heterocycles. The molecule has 152 valence electrons. The number of imidazole rings is 1. The monoisotopic (exact) mass is 399 g/mol. The molecular formula is C20H21N3O6. The smallest absolute Gasteiger partial charge is 0.414 e. The Bertz CT molecular complexity index is 973. The third kappa shape index (κ3) is 5.73. The zero-order valence-electron chi connectivity index (χ0n) is 15.9. The van der Waals surface area contributed by atoms with Crippen molar-refractivity contribution in [2.75, 3.05) is 12.4 Å². The molecule has 0 aliphatic heterocycles. The number of nitrogens with zero attached hydrogens (tertiary/aromatic N) is 2. The van der Waals surface area contributed by atoms with Crippen molar-refractivity contribution in [3.05, 3.63) is 60.3 Å². The van der Waals surface area contributed by atoms with Gasteiger partial charge >= 0.3 is 11.9 Å². The molecule has 0 radical (unpaired) electrons. The maximum atomic E-state index is 9.63. The number of rotatable bonds is 5. The summed E-state index contributed by atoms with van der Waals surface area (Å²) >= 11 is 0. The summed E-state index contributed by atoms with van der Waals surface area (Å²) in [4.78, 5) is 22.6. The van der Waals surface area contributed by atoms with Crippen LogP contribution in [0.1, 0.15) is 5.56 Å². The van der Waals surface area contributed by atoms with Gasteiger partial charge in [0.25, 0.3) is 0 Å². The van der Waals surface area contributed by atoms with Crippen LogP contribution in [-0.2, 0) is 23.2 Å². The van der Waals surface area contributed by atoms with Gasteiger partial charge in [0.05, 0.1) is 19.0 Å². The number of carboxylic acids is 2. The van der Waals surface area contributed by atoms with Gasteiger partial charge in [-0.3, -0.25) is 0 Å². The first-order valence-corrected chi connectivity index (χ1v) is 8.46. The Morgan fingerprint density at radius 1 is 1.10 bits per heavy atom. The highest BCUT2D eigenvalue weighted by molar-refractivity contribution is 6.27. The van der Waals surface area contributed by atoms with E-state index in [1.807, 2.05) is 48.1 Å². The Balaban J connectivity index is 0.000000438. The van der Waals surface area contributed by atoms with Crippen LogP contribution in [0.3, 0.4) is 0 Å². The number of carboxylic acid groups (broad SMARTS) is 2. The maximum absolute atomic E-state index is 9.63. The first-order valence-electron chi connectivity index (χ1n) is 8.46. The van der Waals surface area contributed by atoms with E-state index >= 15 is 0 Å². The Kier molecular flexibility index (Phi) is 7.19. The van der Waals surface area contributed by atoms with Crippen molar-refractivity contribution in [1.82, 2.24) is 9.55 Å². The van der Waals surface area contributed by atoms with Gasteiger partial charge in [-0.15, -0.1) is 0 Å². The van der Waals surface area contributed by atoms with Gasteiger partial charge < -0.3 is 29.9 Å². The number of ether oxygens (including phenoxy) is 1. The second-order valence-corrected chi connectivity index (χ2v) is 5.86. The van der Waals surface area contributed by atoms with Gasteiger partial charge in [0.2, 0.25) is 5.95 Å². The molecule has 2 aromatic carbocycles. The second-order valence-electron chi connectivity index (χ2n) is 5.86. The highest BCUT2D eigenvalue weighted by Gasteiger charge is 2.09. The van der Waals surface area contributed by atoms with Crippen molar-refractivity contribution < 1.29 is 29.6 Å². The van der Waals surface area contributed by atoms with Crippen LogP contribution >= 0.6 is 0 Å². The Morgan fingerprint density at radius 3 is 2.34 bits per heavy atom. The first-order chi connectivity index (χ1) is 13.8. The minimum atomic E-state index is -1.82. The zero-order valence-corrected chi connectivity index (χ0v) is 15.9. The average Bonchev–Trinajstić information content (AvgIpc) is 3.09. The predicted octanol–water partition coefficient (Wildman–Crippen LogP) is 2.57. The number of hydrogen-bond donors (Lipinski definition) is 4. The van der Waals surface area contributed by atoms with Crippen LogP contribution in [-0.4, -0.2) is 43.9 Å². The third-order valence-corrected chi connectivity index (χ3v) is 3.94. The van der Waals surface area contributed by atoms with E-state index in [-0.39, 0.29) is 5.75 Å². The lowest BCUT2D eigenvalue weighted by Crippen LogP contribution is -2.09. The summed E-state index contributed by atoms with van der Waals surface area (Å²) in [5.74, 6) is -2.25. The van der Waals surface area contributed by atoms with Gasteiger partial charge in [-0.1, -0.05) is 36.4 Å². The fourth-order valence-electron chi connectivity index (χ4n) is 2.46. The van der Waals surface area contributed by atoms with E-state index in [0.717, 1.165) is 22.8 Å². The molecule has 0 aliphatic carbocycles. The van der Waals surface area contributed by atoms with Crippen LogP contribution in [0.15, 0.2) is 54.7 Å². The maximum Gasteiger partial charge on any atom is 0.414 e. The summed E-state index contributed by atoms with van der Waals surface area (Å²) in [5, 5.41) is 27.7. The number of nitrogens with one attached hydrogen (secondary N) is 1. The van der Waals surface area contributed by atoms with Crippen molar-refractivity contribution in [1.29, 1.82) is 0 Å². The van der Waals surface area contributed by atoms with Gasteiger partial charge in [-0.25, -0.2) is 14.6 Å². The van der Waals surface area contributed by atoms with E-state index < -0.39 is 11.9 Å². The number of hydrogen-bond acceptors (Lipinski definition) is 6. The molecule has 0 saturated carbocycles. The number of aromatic nitrogens is 2. The average molecular weight is 399 g/mol. The molecule has 9 heteroatoms. The van der Waals surface area contributed by atoms with Crippen molar-refractivity contribution in [2.24, 2.45) is 7.05 Å². The molecule has 0 bridgehead atoms. The normalized spacial score (nSPS) is 9.86. The number of aromatic hydroxyl groups is 1. The molecule has 0 aliphatic rings. The third-order valence-electron chi connectivity index (χ3n) is 3.94. The number of methoxy groups -OCH3 is 1. The molecular weight excluding hydrogens is 378 g/mol. The SMILES string of the molecule is COc1cc(CNc2ncc(-c3ccccc3)n2C)ccc1O.O=C(O)C(=O)O. The summed E-state index contributed by atoms with van der Waals surface area (Å²) in [7, 11) is 3.52. The van der Waals surface area contributed by atoms with Gasteiger partial charge in [0.15, 0.2) is 11.5 Å². The minimum absolute atomic E-state index is 0.139. The number of benzene rings is 2. The van der Waals surface area contributed by atoms with Crippen LogP contribution in [0.25, 0.3) is 11.3 Å². The van der Waals surface area contributed by atoms with Crippen molar-refractivity contribution >= 4 is 17.9 Å². The molecule has 3 aromatic rings. The van der Waals surface area contributed by atoms with E-state index in [2.05, 4.69) is 22.4 Å². The molecule has 0 fully saturated rings. The summed E-state index contributed by atoms with van der Waals surface area (Å²) in [6, 6.07) is 15.4. The standard InChI is InChI=1S/C18H19N3O2.C2H2O4/c1-21-15(14-6-4-3-5-7-14)12-20-18(21)19-11-13-8-9-16(22)17(10-13)23-2;3-1(4)2(5)6/h3-10,12,22H,11H2,1-2H3,(H,19,20);(H,3,4)(H,5,6). The van der Waals surface area contributed by atoms with Crippen LogP contribution in [0.2, 0.25) is 0 Å². The summed E-state index contributed by atoms with van der Waals surface area (Å²) in [6.07, 6.45) is 1.86. The van der Waals surface area contributed by atoms with Crippen LogP contribution in [0, 0.1) is 0 Å². The largest absolute Gasteiger partial charge is 0.504 e. The Labute approximate surface area is 166 Å². The fourth-order valence-corrected chi connectivity index (χ4v) is 2.46. The van der Waals surface area contributed by atoms with E-state index in [9.17, 15) is 5.11 Å². The highest BCUT2D eigenvalue weighted by atomic mass is 16.5. The molecule has 0 atom stereocenters.